The van der Waals surface area contributed by atoms with Crippen LogP contribution in [0.2, 0.25) is 0 Å². The molecule has 1 atom stereocenters. The second-order valence-electron chi connectivity index (χ2n) is 6.50. The molecule has 1 aliphatic carbocycles. The average Bonchev–Trinajstić information content (AvgIpc) is 3.28. The minimum Gasteiger partial charge on any atom is -0.461 e. The number of aromatic nitrogens is 1. The van der Waals surface area contributed by atoms with Crippen LogP contribution in [0.15, 0.2) is 0 Å². The normalized spacial score (nSPS) is 15.0. The van der Waals surface area contributed by atoms with Crippen LogP contribution in [-0.4, -0.2) is 46.7 Å². The Morgan fingerprint density at radius 2 is 1.92 bits per heavy atom. The van der Waals surface area contributed by atoms with E-state index >= 15 is 0 Å². The molecular formula is C18H26N2O4. The van der Waals surface area contributed by atoms with Crippen LogP contribution in [0.25, 0.3) is 0 Å². The third kappa shape index (κ3) is 3.68. The molecule has 2 rings (SSSR count). The minimum atomic E-state index is -0.550. The van der Waals surface area contributed by atoms with Crippen molar-refractivity contribution in [2.75, 3.05) is 13.2 Å². The van der Waals surface area contributed by atoms with Gasteiger partial charge in [-0.05, 0) is 52.0 Å². The summed E-state index contributed by atoms with van der Waals surface area (Å²) in [5.41, 5.74) is 1.99. The number of nitrogens with zero attached hydrogens (tertiary/aromatic N) is 1. The van der Waals surface area contributed by atoms with E-state index in [9.17, 15) is 14.4 Å². The summed E-state index contributed by atoms with van der Waals surface area (Å²) < 4.78 is 5.02. The largest absolute Gasteiger partial charge is 0.461 e. The molecular weight excluding hydrogens is 308 g/mol. The number of aryl methyl sites for hydroxylation is 1. The van der Waals surface area contributed by atoms with Crippen LogP contribution >= 0.6 is 0 Å². The third-order valence-corrected chi connectivity index (χ3v) is 4.57. The maximum atomic E-state index is 13.0. The van der Waals surface area contributed by atoms with E-state index in [2.05, 4.69) is 4.98 Å². The summed E-state index contributed by atoms with van der Waals surface area (Å²) >= 11 is 0. The lowest BCUT2D eigenvalue weighted by molar-refractivity contribution is -0.130. The first-order chi connectivity index (χ1) is 11.3. The first kappa shape index (κ1) is 18.2. The maximum Gasteiger partial charge on any atom is 0.355 e. The molecule has 1 aliphatic rings. The van der Waals surface area contributed by atoms with Gasteiger partial charge in [0.1, 0.15) is 5.69 Å². The second kappa shape index (κ2) is 7.20. The summed E-state index contributed by atoms with van der Waals surface area (Å²) in [6.45, 7) is 9.36. The first-order valence-corrected chi connectivity index (χ1v) is 8.45. The summed E-state index contributed by atoms with van der Waals surface area (Å²) in [5.74, 6) is -0.203. The van der Waals surface area contributed by atoms with Gasteiger partial charge in [0, 0.05) is 24.7 Å². The van der Waals surface area contributed by atoms with Crippen molar-refractivity contribution in [1.29, 1.82) is 0 Å². The fourth-order valence-corrected chi connectivity index (χ4v) is 3.02. The van der Waals surface area contributed by atoms with Crippen LogP contribution in [0.3, 0.4) is 0 Å². The van der Waals surface area contributed by atoms with Crippen LogP contribution in [0.1, 0.15) is 65.7 Å². The van der Waals surface area contributed by atoms with E-state index in [1.807, 2.05) is 0 Å². The van der Waals surface area contributed by atoms with Crippen molar-refractivity contribution in [1.82, 2.24) is 9.88 Å². The van der Waals surface area contributed by atoms with Gasteiger partial charge in [-0.3, -0.25) is 9.59 Å². The smallest absolute Gasteiger partial charge is 0.355 e. The standard InChI is InChI=1S/C18H26N2O4/c1-6-24-18(23)16-10(2)15(11(3)19-16)17(22)12(4)20(13(5)21)9-14-7-8-14/h12,14,19H,6-9H2,1-5H3/t12-/m0/s1. The Morgan fingerprint density at radius 1 is 1.29 bits per heavy atom. The minimum absolute atomic E-state index is 0.0980. The topological polar surface area (TPSA) is 79.5 Å². The summed E-state index contributed by atoms with van der Waals surface area (Å²) in [4.78, 5) is 41.5. The van der Waals surface area contributed by atoms with Gasteiger partial charge in [0.25, 0.3) is 0 Å². The molecule has 1 saturated carbocycles. The number of amides is 1. The number of rotatable bonds is 7. The fourth-order valence-electron chi connectivity index (χ4n) is 3.02. The molecule has 0 bridgehead atoms. The average molecular weight is 334 g/mol. The van der Waals surface area contributed by atoms with Crippen LogP contribution in [0.5, 0.6) is 0 Å². The van der Waals surface area contributed by atoms with E-state index < -0.39 is 12.0 Å². The number of ketones is 1. The van der Waals surface area contributed by atoms with Crippen molar-refractivity contribution in [3.05, 3.63) is 22.5 Å². The van der Waals surface area contributed by atoms with E-state index in [-0.39, 0.29) is 18.3 Å². The van der Waals surface area contributed by atoms with Gasteiger partial charge in [-0.1, -0.05) is 0 Å². The number of carbonyl (C=O) groups is 3. The number of hydrogen-bond acceptors (Lipinski definition) is 4. The molecule has 0 aliphatic heterocycles. The molecule has 0 spiro atoms. The monoisotopic (exact) mass is 334 g/mol. The molecule has 0 radical (unpaired) electrons. The van der Waals surface area contributed by atoms with E-state index in [1.165, 1.54) is 6.92 Å². The number of Topliss-reactive ketones (excluding diaryl/α,β-unsaturated/α-hetero) is 1. The van der Waals surface area contributed by atoms with Crippen molar-refractivity contribution in [2.45, 2.75) is 53.5 Å². The van der Waals surface area contributed by atoms with Gasteiger partial charge in [-0.15, -0.1) is 0 Å². The fraction of sp³-hybridized carbons (Fsp3) is 0.611. The molecule has 6 heteroatoms. The van der Waals surface area contributed by atoms with E-state index in [4.69, 9.17) is 4.74 Å². The second-order valence-corrected chi connectivity index (χ2v) is 6.50. The number of esters is 1. The highest BCUT2D eigenvalue weighted by Crippen LogP contribution is 2.31. The predicted octanol–water partition coefficient (Wildman–Crippen LogP) is 2.64. The molecule has 0 aromatic carbocycles. The van der Waals surface area contributed by atoms with Crippen molar-refractivity contribution in [3.8, 4) is 0 Å². The van der Waals surface area contributed by atoms with Crippen molar-refractivity contribution >= 4 is 17.7 Å². The highest BCUT2D eigenvalue weighted by atomic mass is 16.5. The van der Waals surface area contributed by atoms with E-state index in [1.54, 1.807) is 32.6 Å². The molecule has 1 amide bonds. The lowest BCUT2D eigenvalue weighted by atomic mass is 9.99. The highest BCUT2D eigenvalue weighted by molar-refractivity contribution is 6.06. The molecule has 6 nitrogen and oxygen atoms in total. The molecule has 0 saturated heterocycles. The van der Waals surface area contributed by atoms with E-state index in [0.29, 0.717) is 35.0 Å². The maximum absolute atomic E-state index is 13.0. The number of H-pyrrole nitrogens is 1. The van der Waals surface area contributed by atoms with Crippen molar-refractivity contribution in [3.63, 3.8) is 0 Å². The van der Waals surface area contributed by atoms with Gasteiger partial charge in [0.15, 0.2) is 5.78 Å². The highest BCUT2D eigenvalue weighted by Gasteiger charge is 2.33. The van der Waals surface area contributed by atoms with Crippen LogP contribution in [0.4, 0.5) is 0 Å². The Hall–Kier alpha value is -2.11. The number of carbonyl (C=O) groups excluding carboxylic acids is 3. The molecule has 1 heterocycles. The van der Waals surface area contributed by atoms with Crippen molar-refractivity contribution in [2.24, 2.45) is 5.92 Å². The Kier molecular flexibility index (Phi) is 5.47. The van der Waals surface area contributed by atoms with Gasteiger partial charge in [0.2, 0.25) is 5.91 Å². The summed E-state index contributed by atoms with van der Waals surface area (Å²) in [5, 5.41) is 0. The third-order valence-electron chi connectivity index (χ3n) is 4.57. The Labute approximate surface area is 142 Å². The first-order valence-electron chi connectivity index (χ1n) is 8.45. The number of aromatic amines is 1. The van der Waals surface area contributed by atoms with Crippen LogP contribution in [0, 0.1) is 19.8 Å². The number of hydrogen-bond donors (Lipinski definition) is 1. The van der Waals surface area contributed by atoms with Gasteiger partial charge in [-0.25, -0.2) is 4.79 Å². The number of ether oxygens (including phenoxy) is 1. The summed E-state index contributed by atoms with van der Waals surface area (Å²) in [6.07, 6.45) is 2.22. The van der Waals surface area contributed by atoms with Gasteiger partial charge < -0.3 is 14.6 Å². The Morgan fingerprint density at radius 3 is 2.42 bits per heavy atom. The quantitative estimate of drug-likeness (QED) is 0.614. The zero-order valence-electron chi connectivity index (χ0n) is 15.1. The molecule has 1 aromatic heterocycles. The van der Waals surface area contributed by atoms with Gasteiger partial charge in [0.05, 0.1) is 12.6 Å². The molecule has 0 unspecified atom stereocenters. The summed E-state index contributed by atoms with van der Waals surface area (Å²) in [7, 11) is 0. The van der Waals surface area contributed by atoms with Gasteiger partial charge >= 0.3 is 5.97 Å². The lowest BCUT2D eigenvalue weighted by Gasteiger charge is -2.27. The zero-order chi connectivity index (χ0) is 18.0. The molecule has 1 aromatic rings. The molecule has 1 fully saturated rings. The SMILES string of the molecule is CCOC(=O)c1[nH]c(C)c(C(=O)[C@H](C)N(CC2CC2)C(C)=O)c1C. The van der Waals surface area contributed by atoms with Crippen molar-refractivity contribution < 1.29 is 19.1 Å². The number of nitrogens with one attached hydrogen (secondary N) is 1. The zero-order valence-corrected chi connectivity index (χ0v) is 15.1. The summed E-state index contributed by atoms with van der Waals surface area (Å²) in [6, 6.07) is -0.550. The Bertz CT molecular complexity index is 658. The molecule has 1 N–H and O–H groups in total. The molecule has 132 valence electrons. The predicted molar refractivity (Wildman–Crippen MR) is 90.1 cm³/mol. The lowest BCUT2D eigenvalue weighted by Crippen LogP contribution is -2.43. The van der Waals surface area contributed by atoms with E-state index in [0.717, 1.165) is 12.8 Å². The van der Waals surface area contributed by atoms with Gasteiger partial charge in [-0.2, -0.15) is 0 Å². The molecule has 24 heavy (non-hydrogen) atoms. The van der Waals surface area contributed by atoms with Crippen LogP contribution < -0.4 is 0 Å². The van der Waals surface area contributed by atoms with Crippen LogP contribution in [-0.2, 0) is 9.53 Å². The Balaban J connectivity index is 2.27.